The van der Waals surface area contributed by atoms with Gasteiger partial charge in [-0.15, -0.1) is 0 Å². The van der Waals surface area contributed by atoms with Crippen LogP contribution in [0.3, 0.4) is 0 Å². The van der Waals surface area contributed by atoms with Crippen molar-refractivity contribution in [1.82, 2.24) is 15.2 Å². The molecule has 0 atom stereocenters. The number of hydrazone groups is 1. The molecule has 0 aliphatic carbocycles. The van der Waals surface area contributed by atoms with Gasteiger partial charge in [-0.2, -0.15) is 10.2 Å². The molecule has 0 unspecified atom stereocenters. The monoisotopic (exact) mass is 290 g/mol. The van der Waals surface area contributed by atoms with Crippen LogP contribution >= 0.6 is 11.6 Å². The van der Waals surface area contributed by atoms with Gasteiger partial charge in [-0.3, -0.25) is 9.48 Å². The van der Waals surface area contributed by atoms with Crippen LogP contribution in [-0.4, -0.2) is 21.9 Å². The molecule has 0 saturated heterocycles. The van der Waals surface area contributed by atoms with E-state index in [1.54, 1.807) is 10.7 Å². The van der Waals surface area contributed by atoms with Crippen molar-refractivity contribution in [2.75, 3.05) is 0 Å². The molecule has 0 spiro atoms. The number of benzene rings is 1. The first-order valence-electron chi connectivity index (χ1n) is 6.14. The van der Waals surface area contributed by atoms with Crippen LogP contribution in [0.25, 0.3) is 0 Å². The third-order valence-electron chi connectivity index (χ3n) is 2.69. The van der Waals surface area contributed by atoms with Gasteiger partial charge in [-0.25, -0.2) is 5.43 Å². The van der Waals surface area contributed by atoms with Crippen LogP contribution in [0.15, 0.2) is 35.4 Å². The molecule has 5 nitrogen and oxygen atoms in total. The number of nitrogens with zero attached hydrogens (tertiary/aromatic N) is 3. The molecule has 1 heterocycles. The quantitative estimate of drug-likeness (QED) is 0.694. The first-order valence-corrected chi connectivity index (χ1v) is 6.51. The lowest BCUT2D eigenvalue weighted by Gasteiger charge is -2.02. The van der Waals surface area contributed by atoms with E-state index in [9.17, 15) is 4.79 Å². The van der Waals surface area contributed by atoms with Crippen LogP contribution in [0.4, 0.5) is 0 Å². The van der Waals surface area contributed by atoms with Gasteiger partial charge in [-0.05, 0) is 26.0 Å². The molecular formula is C14H15ClN4O. The zero-order valence-electron chi connectivity index (χ0n) is 11.3. The Balaban J connectivity index is 1.93. The molecule has 1 aromatic carbocycles. The lowest BCUT2D eigenvalue weighted by atomic mass is 10.2. The van der Waals surface area contributed by atoms with Crippen molar-refractivity contribution < 1.29 is 4.79 Å². The number of rotatable bonds is 4. The Morgan fingerprint density at radius 1 is 1.45 bits per heavy atom. The smallest absolute Gasteiger partial charge is 0.261 e. The molecule has 0 aliphatic heterocycles. The van der Waals surface area contributed by atoms with E-state index in [1.165, 1.54) is 6.21 Å². The summed E-state index contributed by atoms with van der Waals surface area (Å²) in [6.07, 6.45) is 1.52. The van der Waals surface area contributed by atoms with Crippen molar-refractivity contribution >= 4 is 23.7 Å². The van der Waals surface area contributed by atoms with Crippen molar-refractivity contribution in [3.63, 3.8) is 0 Å². The summed E-state index contributed by atoms with van der Waals surface area (Å²) in [6, 6.07) is 9.19. The SMILES string of the molecule is Cc1cc(C)n(CC(=O)NN=Cc2ccccc2Cl)n1. The van der Waals surface area contributed by atoms with Crippen LogP contribution in [0.1, 0.15) is 17.0 Å². The third kappa shape index (κ3) is 3.68. The summed E-state index contributed by atoms with van der Waals surface area (Å²) in [6.45, 7) is 3.93. The second kappa shape index (κ2) is 6.34. The molecule has 2 rings (SSSR count). The number of carbonyl (C=O) groups excluding carboxylic acids is 1. The Labute approximate surface area is 122 Å². The van der Waals surface area contributed by atoms with Crippen molar-refractivity contribution in [2.24, 2.45) is 5.10 Å². The zero-order valence-corrected chi connectivity index (χ0v) is 12.1. The highest BCUT2D eigenvalue weighted by molar-refractivity contribution is 6.33. The second-order valence-electron chi connectivity index (χ2n) is 4.40. The van der Waals surface area contributed by atoms with Crippen LogP contribution in [0.5, 0.6) is 0 Å². The molecule has 2 aromatic rings. The van der Waals surface area contributed by atoms with E-state index in [4.69, 9.17) is 11.6 Å². The van der Waals surface area contributed by atoms with E-state index < -0.39 is 0 Å². The number of carbonyl (C=O) groups is 1. The molecule has 1 amide bonds. The predicted octanol–water partition coefficient (Wildman–Crippen LogP) is 2.30. The van der Waals surface area contributed by atoms with Crippen LogP contribution in [-0.2, 0) is 11.3 Å². The Morgan fingerprint density at radius 2 is 2.20 bits per heavy atom. The number of hydrogen-bond donors (Lipinski definition) is 1. The second-order valence-corrected chi connectivity index (χ2v) is 4.81. The number of aryl methyl sites for hydroxylation is 2. The van der Waals surface area contributed by atoms with E-state index in [-0.39, 0.29) is 12.5 Å². The minimum absolute atomic E-state index is 0.138. The highest BCUT2D eigenvalue weighted by Crippen LogP contribution is 2.11. The maximum absolute atomic E-state index is 11.7. The van der Waals surface area contributed by atoms with Gasteiger partial charge < -0.3 is 0 Å². The minimum atomic E-state index is -0.237. The fourth-order valence-electron chi connectivity index (χ4n) is 1.76. The third-order valence-corrected chi connectivity index (χ3v) is 3.04. The maximum atomic E-state index is 11.7. The van der Waals surface area contributed by atoms with Gasteiger partial charge in [0.15, 0.2) is 0 Å². The average Bonchev–Trinajstić information content (AvgIpc) is 2.70. The maximum Gasteiger partial charge on any atom is 0.261 e. The molecule has 0 fully saturated rings. The first kappa shape index (κ1) is 14.3. The molecule has 6 heteroatoms. The fraction of sp³-hybridized carbons (Fsp3) is 0.214. The molecule has 1 aromatic heterocycles. The van der Waals surface area contributed by atoms with Crippen molar-refractivity contribution in [3.05, 3.63) is 52.3 Å². The summed E-state index contributed by atoms with van der Waals surface area (Å²) in [7, 11) is 0. The summed E-state index contributed by atoms with van der Waals surface area (Å²) < 4.78 is 1.63. The standard InChI is InChI=1S/C14H15ClN4O/c1-10-7-11(2)19(18-10)9-14(20)17-16-8-12-5-3-4-6-13(12)15/h3-8H,9H2,1-2H3,(H,17,20). The normalized spacial score (nSPS) is 10.9. The van der Waals surface area contributed by atoms with Crippen LogP contribution in [0, 0.1) is 13.8 Å². The first-order chi connectivity index (χ1) is 9.56. The van der Waals surface area contributed by atoms with Gasteiger partial charge >= 0.3 is 0 Å². The Hall–Kier alpha value is -2.14. The highest BCUT2D eigenvalue weighted by atomic mass is 35.5. The zero-order chi connectivity index (χ0) is 14.5. The van der Waals surface area contributed by atoms with E-state index in [2.05, 4.69) is 15.6 Å². The summed E-state index contributed by atoms with van der Waals surface area (Å²) in [5, 5.41) is 8.69. The van der Waals surface area contributed by atoms with Gasteiger partial charge in [0.2, 0.25) is 0 Å². The largest absolute Gasteiger partial charge is 0.271 e. The Kier molecular flexibility index (Phi) is 4.53. The molecule has 0 saturated carbocycles. The van der Waals surface area contributed by atoms with Gasteiger partial charge in [0, 0.05) is 16.3 Å². The molecule has 1 N–H and O–H groups in total. The number of aromatic nitrogens is 2. The highest BCUT2D eigenvalue weighted by Gasteiger charge is 2.05. The number of nitrogens with one attached hydrogen (secondary N) is 1. The molecule has 0 aliphatic rings. The summed E-state index contributed by atoms with van der Waals surface area (Å²) in [5.74, 6) is -0.237. The van der Waals surface area contributed by atoms with E-state index in [0.29, 0.717) is 5.02 Å². The van der Waals surface area contributed by atoms with Gasteiger partial charge in [0.1, 0.15) is 6.54 Å². The molecule has 104 valence electrons. The van der Waals surface area contributed by atoms with Gasteiger partial charge in [-0.1, -0.05) is 29.8 Å². The average molecular weight is 291 g/mol. The fourth-order valence-corrected chi connectivity index (χ4v) is 1.94. The Morgan fingerprint density at radius 3 is 2.85 bits per heavy atom. The number of hydrogen-bond acceptors (Lipinski definition) is 3. The van der Waals surface area contributed by atoms with Gasteiger partial charge in [0.05, 0.1) is 11.9 Å². The summed E-state index contributed by atoms with van der Waals surface area (Å²) in [4.78, 5) is 11.7. The molecule has 20 heavy (non-hydrogen) atoms. The van der Waals surface area contributed by atoms with E-state index in [1.807, 2.05) is 38.1 Å². The predicted molar refractivity (Wildman–Crippen MR) is 78.9 cm³/mol. The van der Waals surface area contributed by atoms with Crippen molar-refractivity contribution in [3.8, 4) is 0 Å². The number of halogens is 1. The van der Waals surface area contributed by atoms with E-state index >= 15 is 0 Å². The Bertz CT molecular complexity index is 648. The van der Waals surface area contributed by atoms with Crippen LogP contribution in [0.2, 0.25) is 5.02 Å². The molecule has 0 bridgehead atoms. The molecular weight excluding hydrogens is 276 g/mol. The van der Waals surface area contributed by atoms with Gasteiger partial charge in [0.25, 0.3) is 5.91 Å². The summed E-state index contributed by atoms with van der Waals surface area (Å²) in [5.41, 5.74) is 5.03. The lowest BCUT2D eigenvalue weighted by molar-refractivity contribution is -0.121. The lowest BCUT2D eigenvalue weighted by Crippen LogP contribution is -2.24. The summed E-state index contributed by atoms with van der Waals surface area (Å²) >= 11 is 5.97. The van der Waals surface area contributed by atoms with E-state index in [0.717, 1.165) is 17.0 Å². The topological polar surface area (TPSA) is 59.3 Å². The van der Waals surface area contributed by atoms with Crippen molar-refractivity contribution in [2.45, 2.75) is 20.4 Å². The minimum Gasteiger partial charge on any atom is -0.271 e. The van der Waals surface area contributed by atoms with Crippen molar-refractivity contribution in [1.29, 1.82) is 0 Å². The van der Waals surface area contributed by atoms with Crippen LogP contribution < -0.4 is 5.43 Å². The molecule has 0 radical (unpaired) electrons. The number of amides is 1.